The Kier molecular flexibility index (Phi) is 4.29. The summed E-state index contributed by atoms with van der Waals surface area (Å²) in [5.74, 6) is 0.257. The molecule has 0 radical (unpaired) electrons. The van der Waals surface area contributed by atoms with Crippen LogP contribution in [0.15, 0.2) is 53.3 Å². The van der Waals surface area contributed by atoms with Gasteiger partial charge in [0.05, 0.1) is 12.6 Å². The molecule has 0 atom stereocenters. The van der Waals surface area contributed by atoms with Crippen LogP contribution < -0.4 is 15.5 Å². The van der Waals surface area contributed by atoms with Crippen LogP contribution in [0.5, 0.6) is 5.75 Å². The number of fused-ring (bicyclic) bond motifs is 1. The van der Waals surface area contributed by atoms with Crippen LogP contribution in [0.2, 0.25) is 0 Å². The highest BCUT2D eigenvalue weighted by molar-refractivity contribution is 5.95. The molecule has 1 N–H and O–H groups in total. The number of ether oxygens (including phenoxy) is 1. The summed E-state index contributed by atoms with van der Waals surface area (Å²) in [6.45, 7) is 0.306. The second kappa shape index (κ2) is 6.54. The van der Waals surface area contributed by atoms with Gasteiger partial charge in [-0.15, -0.1) is 0 Å². The standard InChI is InChI=1S/C18H17N3O3/c1-21-15-6-4-3-5-14(15)17(22)16(20-21)18(23)19-11-12-7-9-13(24-2)10-8-12/h3-10H,11H2,1-2H3,(H,19,23). The number of nitrogens with one attached hydrogen (secondary N) is 1. The van der Waals surface area contributed by atoms with E-state index in [1.807, 2.05) is 30.3 Å². The highest BCUT2D eigenvalue weighted by Crippen LogP contribution is 2.11. The van der Waals surface area contributed by atoms with Crippen molar-refractivity contribution in [2.24, 2.45) is 7.05 Å². The Morgan fingerprint density at radius 1 is 1.17 bits per heavy atom. The molecule has 0 bridgehead atoms. The van der Waals surface area contributed by atoms with E-state index >= 15 is 0 Å². The van der Waals surface area contributed by atoms with Crippen molar-refractivity contribution in [3.05, 3.63) is 70.0 Å². The van der Waals surface area contributed by atoms with Crippen LogP contribution in [0.25, 0.3) is 10.9 Å². The lowest BCUT2D eigenvalue weighted by Crippen LogP contribution is -2.31. The lowest BCUT2D eigenvalue weighted by Gasteiger charge is -2.09. The van der Waals surface area contributed by atoms with E-state index in [9.17, 15) is 9.59 Å². The Bertz CT molecular complexity index is 946. The fourth-order valence-electron chi connectivity index (χ4n) is 2.48. The number of carbonyl (C=O) groups is 1. The van der Waals surface area contributed by atoms with Crippen LogP contribution in [-0.2, 0) is 13.6 Å². The number of rotatable bonds is 4. The van der Waals surface area contributed by atoms with Gasteiger partial charge >= 0.3 is 0 Å². The first-order valence-electron chi connectivity index (χ1n) is 7.47. The van der Waals surface area contributed by atoms with Gasteiger partial charge in [-0.2, -0.15) is 5.10 Å². The molecule has 0 fully saturated rings. The van der Waals surface area contributed by atoms with Crippen LogP contribution >= 0.6 is 0 Å². The maximum absolute atomic E-state index is 12.5. The Morgan fingerprint density at radius 3 is 2.58 bits per heavy atom. The zero-order valence-electron chi connectivity index (χ0n) is 13.4. The van der Waals surface area contributed by atoms with Crippen molar-refractivity contribution in [2.75, 3.05) is 7.11 Å². The number of para-hydroxylation sites is 1. The van der Waals surface area contributed by atoms with E-state index in [4.69, 9.17) is 4.74 Å². The Labute approximate surface area is 138 Å². The number of amides is 1. The monoisotopic (exact) mass is 323 g/mol. The summed E-state index contributed by atoms with van der Waals surface area (Å²) in [5.41, 5.74) is 1.12. The van der Waals surface area contributed by atoms with E-state index in [1.165, 1.54) is 0 Å². The molecule has 0 saturated heterocycles. The number of methoxy groups -OCH3 is 1. The smallest absolute Gasteiger partial charge is 0.276 e. The maximum Gasteiger partial charge on any atom is 0.276 e. The molecule has 1 amide bonds. The van der Waals surface area contributed by atoms with Crippen molar-refractivity contribution < 1.29 is 9.53 Å². The molecule has 0 saturated carbocycles. The third-order valence-electron chi connectivity index (χ3n) is 3.79. The molecule has 24 heavy (non-hydrogen) atoms. The minimum Gasteiger partial charge on any atom is -0.497 e. The van der Waals surface area contributed by atoms with E-state index in [0.717, 1.165) is 11.3 Å². The fraction of sp³-hybridized carbons (Fsp3) is 0.167. The van der Waals surface area contributed by atoms with E-state index in [-0.39, 0.29) is 11.1 Å². The third kappa shape index (κ3) is 2.99. The lowest BCUT2D eigenvalue weighted by molar-refractivity contribution is 0.0943. The van der Waals surface area contributed by atoms with Gasteiger partial charge < -0.3 is 10.1 Å². The maximum atomic E-state index is 12.5. The number of nitrogens with zero attached hydrogens (tertiary/aromatic N) is 2. The highest BCUT2D eigenvalue weighted by atomic mass is 16.5. The van der Waals surface area contributed by atoms with Crippen LogP contribution in [0.1, 0.15) is 16.1 Å². The van der Waals surface area contributed by atoms with E-state index < -0.39 is 5.91 Å². The SMILES string of the molecule is COc1ccc(CNC(=O)c2nn(C)c3ccccc3c2=O)cc1. The summed E-state index contributed by atoms with van der Waals surface area (Å²) in [6, 6.07) is 14.4. The van der Waals surface area contributed by atoms with Crippen LogP contribution in [0.4, 0.5) is 0 Å². The van der Waals surface area contributed by atoms with E-state index in [1.54, 1.807) is 37.0 Å². The van der Waals surface area contributed by atoms with Crippen LogP contribution in [0.3, 0.4) is 0 Å². The summed E-state index contributed by atoms with van der Waals surface area (Å²) >= 11 is 0. The largest absolute Gasteiger partial charge is 0.497 e. The van der Waals surface area contributed by atoms with Gasteiger partial charge in [0.25, 0.3) is 5.91 Å². The van der Waals surface area contributed by atoms with Crippen molar-refractivity contribution in [3.63, 3.8) is 0 Å². The minimum absolute atomic E-state index is 0.107. The summed E-state index contributed by atoms with van der Waals surface area (Å²) < 4.78 is 6.63. The zero-order valence-corrected chi connectivity index (χ0v) is 13.4. The average molecular weight is 323 g/mol. The normalized spacial score (nSPS) is 10.6. The van der Waals surface area contributed by atoms with Crippen molar-refractivity contribution in [2.45, 2.75) is 6.54 Å². The molecular formula is C18H17N3O3. The van der Waals surface area contributed by atoms with Gasteiger partial charge in [-0.1, -0.05) is 24.3 Å². The van der Waals surface area contributed by atoms with Gasteiger partial charge in [0, 0.05) is 19.0 Å². The predicted molar refractivity (Wildman–Crippen MR) is 91.1 cm³/mol. The number of hydrogen-bond donors (Lipinski definition) is 1. The van der Waals surface area contributed by atoms with Crippen molar-refractivity contribution in [3.8, 4) is 5.75 Å². The van der Waals surface area contributed by atoms with Crippen molar-refractivity contribution in [1.82, 2.24) is 15.1 Å². The Hall–Kier alpha value is -3.15. The van der Waals surface area contributed by atoms with Crippen LogP contribution in [-0.4, -0.2) is 22.8 Å². The lowest BCUT2D eigenvalue weighted by atomic mass is 10.2. The molecule has 1 aromatic heterocycles. The summed E-state index contributed by atoms with van der Waals surface area (Å²) in [6.07, 6.45) is 0. The minimum atomic E-state index is -0.489. The van der Waals surface area contributed by atoms with Gasteiger partial charge in [-0.3, -0.25) is 14.3 Å². The molecular weight excluding hydrogens is 306 g/mol. The first-order valence-corrected chi connectivity index (χ1v) is 7.47. The van der Waals surface area contributed by atoms with Crippen molar-refractivity contribution in [1.29, 1.82) is 0 Å². The Balaban J connectivity index is 1.83. The number of benzene rings is 2. The third-order valence-corrected chi connectivity index (χ3v) is 3.79. The number of aryl methyl sites for hydroxylation is 1. The summed E-state index contributed by atoms with van der Waals surface area (Å²) in [5, 5.41) is 7.32. The van der Waals surface area contributed by atoms with E-state index in [2.05, 4.69) is 10.4 Å². The molecule has 0 aliphatic heterocycles. The molecule has 122 valence electrons. The van der Waals surface area contributed by atoms with Crippen LogP contribution in [0, 0.1) is 0 Å². The highest BCUT2D eigenvalue weighted by Gasteiger charge is 2.16. The molecule has 0 spiro atoms. The molecule has 0 aliphatic carbocycles. The molecule has 0 unspecified atom stereocenters. The number of hydrogen-bond acceptors (Lipinski definition) is 4. The first-order chi connectivity index (χ1) is 11.6. The first kappa shape index (κ1) is 15.7. The number of aromatic nitrogens is 2. The molecule has 3 aromatic rings. The summed E-state index contributed by atoms with van der Waals surface area (Å²) in [7, 11) is 3.31. The van der Waals surface area contributed by atoms with Gasteiger partial charge in [0.15, 0.2) is 5.69 Å². The van der Waals surface area contributed by atoms with Crippen molar-refractivity contribution >= 4 is 16.8 Å². The van der Waals surface area contributed by atoms with Gasteiger partial charge in [-0.05, 0) is 29.8 Å². The fourth-order valence-corrected chi connectivity index (χ4v) is 2.48. The molecule has 6 heteroatoms. The molecule has 0 aliphatic rings. The van der Waals surface area contributed by atoms with E-state index in [0.29, 0.717) is 17.4 Å². The average Bonchev–Trinajstić information content (AvgIpc) is 2.63. The molecule has 6 nitrogen and oxygen atoms in total. The second-order valence-electron chi connectivity index (χ2n) is 5.35. The molecule has 2 aromatic carbocycles. The molecule has 1 heterocycles. The van der Waals surface area contributed by atoms with Gasteiger partial charge in [0.2, 0.25) is 5.43 Å². The second-order valence-corrected chi connectivity index (χ2v) is 5.35. The topological polar surface area (TPSA) is 73.2 Å². The number of carbonyl (C=O) groups excluding carboxylic acids is 1. The zero-order chi connectivity index (χ0) is 17.1. The predicted octanol–water partition coefficient (Wildman–Crippen LogP) is 1.87. The quantitative estimate of drug-likeness (QED) is 0.795. The Morgan fingerprint density at radius 2 is 1.88 bits per heavy atom. The van der Waals surface area contributed by atoms with Gasteiger partial charge in [0.1, 0.15) is 5.75 Å². The van der Waals surface area contributed by atoms with Gasteiger partial charge in [-0.25, -0.2) is 0 Å². The molecule has 3 rings (SSSR count). The summed E-state index contributed by atoms with van der Waals surface area (Å²) in [4.78, 5) is 24.8.